The topological polar surface area (TPSA) is 113 Å². The fourth-order valence-corrected chi connectivity index (χ4v) is 3.63. The number of carbonyl (C=O) groups is 1. The Hall–Kier alpha value is -2.58. The SMILES string of the molecule is CCCCCCNC(=O)Nc1ccc(S(=O)(=O)Nc2ccc(CN)cc2)cc1. The quantitative estimate of drug-likeness (QED) is 0.453. The molecule has 0 fully saturated rings. The minimum absolute atomic E-state index is 0.112. The number of sulfonamides is 1. The fourth-order valence-electron chi connectivity index (χ4n) is 2.57. The van der Waals surface area contributed by atoms with Crippen molar-refractivity contribution in [2.24, 2.45) is 5.73 Å². The third-order valence-corrected chi connectivity index (χ3v) is 5.58. The van der Waals surface area contributed by atoms with Crippen LogP contribution in [0, 0.1) is 0 Å². The van der Waals surface area contributed by atoms with Gasteiger partial charge in [-0.25, -0.2) is 13.2 Å². The van der Waals surface area contributed by atoms with E-state index in [-0.39, 0.29) is 10.9 Å². The molecule has 0 saturated carbocycles. The zero-order valence-electron chi connectivity index (χ0n) is 16.1. The summed E-state index contributed by atoms with van der Waals surface area (Å²) in [6.07, 6.45) is 4.33. The lowest BCUT2D eigenvalue weighted by Gasteiger charge is -2.10. The van der Waals surface area contributed by atoms with Gasteiger partial charge in [0.25, 0.3) is 10.0 Å². The molecule has 0 radical (unpaired) electrons. The predicted molar refractivity (Wildman–Crippen MR) is 113 cm³/mol. The average molecular weight is 405 g/mol. The molecule has 0 bridgehead atoms. The number of hydrogen-bond acceptors (Lipinski definition) is 4. The first-order valence-corrected chi connectivity index (χ1v) is 10.9. The van der Waals surface area contributed by atoms with Gasteiger partial charge >= 0.3 is 6.03 Å². The van der Waals surface area contributed by atoms with Gasteiger partial charge in [-0.15, -0.1) is 0 Å². The molecular weight excluding hydrogens is 376 g/mol. The predicted octanol–water partition coefficient (Wildman–Crippen LogP) is 3.65. The van der Waals surface area contributed by atoms with Crippen molar-refractivity contribution >= 4 is 27.4 Å². The molecule has 0 aliphatic carbocycles. The second-order valence-electron chi connectivity index (χ2n) is 6.47. The second-order valence-corrected chi connectivity index (χ2v) is 8.15. The Morgan fingerprint density at radius 3 is 2.18 bits per heavy atom. The monoisotopic (exact) mass is 404 g/mol. The number of rotatable bonds is 10. The molecule has 0 aliphatic rings. The Balaban J connectivity index is 1.90. The summed E-state index contributed by atoms with van der Waals surface area (Å²) in [6.45, 7) is 3.15. The molecule has 0 spiro atoms. The number of nitrogens with two attached hydrogens (primary N) is 1. The van der Waals surface area contributed by atoms with E-state index in [0.29, 0.717) is 24.5 Å². The Morgan fingerprint density at radius 1 is 0.929 bits per heavy atom. The van der Waals surface area contributed by atoms with Gasteiger partial charge in [-0.05, 0) is 48.4 Å². The molecule has 0 aliphatic heterocycles. The first-order valence-electron chi connectivity index (χ1n) is 9.41. The Bertz CT molecular complexity index is 850. The van der Waals surface area contributed by atoms with Crippen molar-refractivity contribution < 1.29 is 13.2 Å². The standard InChI is InChI=1S/C20H28N4O3S/c1-2-3-4-5-14-22-20(25)23-17-10-12-19(13-11-17)28(26,27)24-18-8-6-16(15-21)7-9-18/h6-13,24H,2-5,14-15,21H2,1H3,(H2,22,23,25). The van der Waals surface area contributed by atoms with Crippen LogP contribution in [0.15, 0.2) is 53.4 Å². The van der Waals surface area contributed by atoms with E-state index in [0.717, 1.165) is 31.2 Å². The van der Waals surface area contributed by atoms with E-state index < -0.39 is 10.0 Å². The molecule has 0 saturated heterocycles. The molecule has 0 unspecified atom stereocenters. The van der Waals surface area contributed by atoms with Crippen LogP contribution < -0.4 is 21.1 Å². The normalized spacial score (nSPS) is 11.1. The number of carbonyl (C=O) groups excluding carboxylic acids is 1. The third kappa shape index (κ3) is 6.86. The summed E-state index contributed by atoms with van der Waals surface area (Å²) in [4.78, 5) is 12.0. The molecular formula is C20H28N4O3S. The number of urea groups is 1. The fraction of sp³-hybridized carbons (Fsp3) is 0.350. The van der Waals surface area contributed by atoms with Gasteiger partial charge in [0.2, 0.25) is 0 Å². The number of anilines is 2. The van der Waals surface area contributed by atoms with Crippen molar-refractivity contribution in [1.29, 1.82) is 0 Å². The van der Waals surface area contributed by atoms with Crippen molar-refractivity contribution in [2.75, 3.05) is 16.6 Å². The van der Waals surface area contributed by atoms with Crippen molar-refractivity contribution in [3.05, 3.63) is 54.1 Å². The zero-order valence-corrected chi connectivity index (χ0v) is 16.9. The number of benzene rings is 2. The van der Waals surface area contributed by atoms with Gasteiger partial charge in [-0.3, -0.25) is 4.72 Å². The van der Waals surface area contributed by atoms with Gasteiger partial charge in [0.15, 0.2) is 0 Å². The summed E-state index contributed by atoms with van der Waals surface area (Å²) in [5.74, 6) is 0. The summed E-state index contributed by atoms with van der Waals surface area (Å²) < 4.78 is 27.5. The van der Waals surface area contributed by atoms with E-state index in [2.05, 4.69) is 22.3 Å². The highest BCUT2D eigenvalue weighted by Crippen LogP contribution is 2.18. The van der Waals surface area contributed by atoms with Crippen LogP contribution in [0.25, 0.3) is 0 Å². The minimum Gasteiger partial charge on any atom is -0.338 e. The number of amides is 2. The maximum atomic E-state index is 12.5. The van der Waals surface area contributed by atoms with Crippen LogP contribution in [0.2, 0.25) is 0 Å². The molecule has 2 aromatic rings. The van der Waals surface area contributed by atoms with E-state index in [4.69, 9.17) is 5.73 Å². The summed E-state index contributed by atoms with van der Waals surface area (Å²) in [7, 11) is -3.71. The molecule has 2 aromatic carbocycles. The minimum atomic E-state index is -3.71. The molecule has 2 amide bonds. The van der Waals surface area contributed by atoms with E-state index in [1.165, 1.54) is 12.1 Å². The van der Waals surface area contributed by atoms with Crippen LogP contribution in [-0.4, -0.2) is 21.0 Å². The highest BCUT2D eigenvalue weighted by atomic mass is 32.2. The lowest BCUT2D eigenvalue weighted by Crippen LogP contribution is -2.29. The molecule has 28 heavy (non-hydrogen) atoms. The summed E-state index contributed by atoms with van der Waals surface area (Å²) >= 11 is 0. The second kappa shape index (κ2) is 10.7. The largest absolute Gasteiger partial charge is 0.338 e. The molecule has 0 aromatic heterocycles. The van der Waals surface area contributed by atoms with Gasteiger partial charge in [0, 0.05) is 24.5 Å². The summed E-state index contributed by atoms with van der Waals surface area (Å²) in [5, 5.41) is 5.48. The van der Waals surface area contributed by atoms with Crippen LogP contribution in [0.5, 0.6) is 0 Å². The van der Waals surface area contributed by atoms with Gasteiger partial charge in [-0.2, -0.15) is 0 Å². The van der Waals surface area contributed by atoms with E-state index in [1.807, 2.05) is 0 Å². The maximum Gasteiger partial charge on any atom is 0.319 e. The van der Waals surface area contributed by atoms with Crippen molar-refractivity contribution in [1.82, 2.24) is 5.32 Å². The van der Waals surface area contributed by atoms with E-state index >= 15 is 0 Å². The first-order chi connectivity index (χ1) is 13.4. The highest BCUT2D eigenvalue weighted by Gasteiger charge is 2.14. The van der Waals surface area contributed by atoms with Gasteiger partial charge in [-0.1, -0.05) is 38.3 Å². The number of unbranched alkanes of at least 4 members (excludes halogenated alkanes) is 3. The van der Waals surface area contributed by atoms with E-state index in [1.54, 1.807) is 36.4 Å². The van der Waals surface area contributed by atoms with Crippen molar-refractivity contribution in [3.8, 4) is 0 Å². The van der Waals surface area contributed by atoms with Crippen molar-refractivity contribution in [2.45, 2.75) is 44.0 Å². The van der Waals surface area contributed by atoms with Crippen LogP contribution in [0.3, 0.4) is 0 Å². The van der Waals surface area contributed by atoms with Gasteiger partial charge in [0.05, 0.1) is 4.90 Å². The highest BCUT2D eigenvalue weighted by molar-refractivity contribution is 7.92. The van der Waals surface area contributed by atoms with Crippen molar-refractivity contribution in [3.63, 3.8) is 0 Å². The van der Waals surface area contributed by atoms with Crippen LogP contribution in [0.1, 0.15) is 38.2 Å². The Labute approximate surface area is 166 Å². The molecule has 7 nitrogen and oxygen atoms in total. The number of hydrogen-bond donors (Lipinski definition) is 4. The Kier molecular flexibility index (Phi) is 8.28. The third-order valence-electron chi connectivity index (χ3n) is 4.18. The molecule has 0 atom stereocenters. The lowest BCUT2D eigenvalue weighted by atomic mass is 10.2. The summed E-state index contributed by atoms with van der Waals surface area (Å²) in [5.41, 5.74) is 7.44. The first kappa shape index (κ1) is 21.7. The molecule has 152 valence electrons. The van der Waals surface area contributed by atoms with Gasteiger partial charge < -0.3 is 16.4 Å². The molecule has 5 N–H and O–H groups in total. The van der Waals surface area contributed by atoms with Crippen LogP contribution in [-0.2, 0) is 16.6 Å². The molecule has 2 rings (SSSR count). The van der Waals surface area contributed by atoms with Crippen LogP contribution in [0.4, 0.5) is 16.2 Å². The van der Waals surface area contributed by atoms with Gasteiger partial charge in [0.1, 0.15) is 0 Å². The average Bonchev–Trinajstić information content (AvgIpc) is 2.68. The maximum absolute atomic E-state index is 12.5. The smallest absolute Gasteiger partial charge is 0.319 e. The molecule has 0 heterocycles. The zero-order chi connectivity index (χ0) is 20.4. The lowest BCUT2D eigenvalue weighted by molar-refractivity contribution is 0.252. The number of nitrogens with one attached hydrogen (secondary N) is 3. The molecule has 8 heteroatoms. The summed E-state index contributed by atoms with van der Waals surface area (Å²) in [6, 6.07) is 12.6. The van der Waals surface area contributed by atoms with E-state index in [9.17, 15) is 13.2 Å². The Morgan fingerprint density at radius 2 is 1.57 bits per heavy atom. The van der Waals surface area contributed by atoms with Crippen LogP contribution >= 0.6 is 0 Å².